The number of thiazole rings is 1. The number of carbonyl (C=O) groups is 2. The van der Waals surface area contributed by atoms with Gasteiger partial charge >= 0.3 is 0 Å². The summed E-state index contributed by atoms with van der Waals surface area (Å²) in [6.45, 7) is 0.308. The zero-order valence-corrected chi connectivity index (χ0v) is 14.3. The molecular weight excluding hydrogens is 354 g/mol. The Labute approximate surface area is 153 Å². The number of nitrogens with one attached hydrogen (secondary N) is 2. The Hall–Kier alpha value is -3.39. The molecule has 3 N–H and O–H groups in total. The van der Waals surface area contributed by atoms with Crippen LogP contribution in [0.1, 0.15) is 26.4 Å². The molecule has 0 radical (unpaired) electrons. The van der Waals surface area contributed by atoms with Crippen molar-refractivity contribution < 1.29 is 19.4 Å². The van der Waals surface area contributed by atoms with Crippen LogP contribution >= 0.6 is 11.3 Å². The second-order valence-corrected chi connectivity index (χ2v) is 5.97. The van der Waals surface area contributed by atoms with Crippen LogP contribution in [0.25, 0.3) is 0 Å². The van der Waals surface area contributed by atoms with Gasteiger partial charge in [0.25, 0.3) is 11.8 Å². The van der Waals surface area contributed by atoms with Gasteiger partial charge < -0.3 is 9.84 Å². The number of aromatic hydroxyl groups is 1. The third-order valence-electron chi connectivity index (χ3n) is 3.36. The van der Waals surface area contributed by atoms with Gasteiger partial charge in [0.2, 0.25) is 0 Å². The van der Waals surface area contributed by atoms with Crippen LogP contribution in [0.4, 0.5) is 0 Å². The number of rotatable bonds is 5. The minimum atomic E-state index is -0.537. The lowest BCUT2D eigenvalue weighted by Crippen LogP contribution is -2.41. The van der Waals surface area contributed by atoms with E-state index in [9.17, 15) is 14.7 Å². The van der Waals surface area contributed by atoms with Crippen molar-refractivity contribution >= 4 is 23.2 Å². The molecule has 1 heterocycles. The summed E-state index contributed by atoms with van der Waals surface area (Å²) in [6, 6.07) is 12.4. The fraction of sp³-hybridized carbons (Fsp3) is 0.0556. The highest BCUT2D eigenvalue weighted by Gasteiger charge is 2.10. The molecule has 0 unspecified atom stereocenters. The van der Waals surface area contributed by atoms with Crippen LogP contribution < -0.4 is 15.6 Å². The largest absolute Gasteiger partial charge is 0.508 e. The van der Waals surface area contributed by atoms with Crippen molar-refractivity contribution in [3.05, 3.63) is 76.2 Å². The number of phenolic OH excluding ortho intramolecular Hbond substituents is 1. The van der Waals surface area contributed by atoms with Gasteiger partial charge in [0.15, 0.2) is 0 Å². The molecule has 0 aliphatic carbocycles. The first-order valence-electron chi connectivity index (χ1n) is 7.61. The van der Waals surface area contributed by atoms with Crippen molar-refractivity contribution in [2.24, 2.45) is 0 Å². The van der Waals surface area contributed by atoms with E-state index in [1.165, 1.54) is 35.6 Å². The second kappa shape index (κ2) is 8.13. The van der Waals surface area contributed by atoms with E-state index in [-0.39, 0.29) is 11.3 Å². The highest BCUT2D eigenvalue weighted by molar-refractivity contribution is 7.07. The molecule has 1 aromatic heterocycles. The lowest BCUT2D eigenvalue weighted by atomic mass is 10.2. The summed E-state index contributed by atoms with van der Waals surface area (Å²) >= 11 is 1.48. The molecule has 26 heavy (non-hydrogen) atoms. The maximum absolute atomic E-state index is 12.2. The molecule has 0 spiro atoms. The Morgan fingerprint density at radius 1 is 1.04 bits per heavy atom. The molecular formula is C18H15N3O4S. The molecule has 7 nitrogen and oxygen atoms in total. The van der Waals surface area contributed by atoms with E-state index in [4.69, 9.17) is 4.74 Å². The third-order valence-corrected chi connectivity index (χ3v) is 4.00. The number of nitrogens with zero attached hydrogens (tertiary/aromatic N) is 1. The highest BCUT2D eigenvalue weighted by atomic mass is 32.1. The Balaban J connectivity index is 1.57. The van der Waals surface area contributed by atoms with Crippen LogP contribution in [0.15, 0.2) is 59.4 Å². The summed E-state index contributed by atoms with van der Waals surface area (Å²) in [7, 11) is 0. The zero-order valence-electron chi connectivity index (χ0n) is 13.5. The number of amides is 2. The molecule has 8 heteroatoms. The first-order chi connectivity index (χ1) is 12.6. The van der Waals surface area contributed by atoms with Gasteiger partial charge in [-0.25, -0.2) is 4.98 Å². The lowest BCUT2D eigenvalue weighted by Gasteiger charge is -2.09. The SMILES string of the molecule is O=C(NNC(=O)c1cccc(OCc2cscn2)c1)c1cccc(O)c1. The topological polar surface area (TPSA) is 101 Å². The van der Waals surface area contributed by atoms with E-state index >= 15 is 0 Å². The smallest absolute Gasteiger partial charge is 0.269 e. The van der Waals surface area contributed by atoms with Gasteiger partial charge in [0, 0.05) is 16.5 Å². The summed E-state index contributed by atoms with van der Waals surface area (Å²) in [5.41, 5.74) is 7.71. The number of hydrogen-bond acceptors (Lipinski definition) is 6. The van der Waals surface area contributed by atoms with Crippen molar-refractivity contribution in [1.82, 2.24) is 15.8 Å². The molecule has 0 aliphatic rings. The minimum Gasteiger partial charge on any atom is -0.508 e. The zero-order chi connectivity index (χ0) is 18.4. The van der Waals surface area contributed by atoms with Crippen molar-refractivity contribution in [3.63, 3.8) is 0 Å². The van der Waals surface area contributed by atoms with Crippen LogP contribution in [0.3, 0.4) is 0 Å². The van der Waals surface area contributed by atoms with Crippen LogP contribution in [0, 0.1) is 0 Å². The standard InChI is InChI=1S/C18H15N3O4S/c22-15-5-1-3-12(7-15)17(23)20-21-18(24)13-4-2-6-16(8-13)25-9-14-10-26-11-19-14/h1-8,10-11,22H,9H2,(H,20,23)(H,21,24). The van der Waals surface area contributed by atoms with Crippen LogP contribution in [-0.4, -0.2) is 21.9 Å². The van der Waals surface area contributed by atoms with Crippen molar-refractivity contribution in [2.75, 3.05) is 0 Å². The normalized spacial score (nSPS) is 10.2. The maximum atomic E-state index is 12.2. The first kappa shape index (κ1) is 17.4. The van der Waals surface area contributed by atoms with Gasteiger partial charge in [-0.05, 0) is 36.4 Å². The Morgan fingerprint density at radius 2 is 1.73 bits per heavy atom. The molecule has 132 valence electrons. The second-order valence-electron chi connectivity index (χ2n) is 5.25. The van der Waals surface area contributed by atoms with Gasteiger partial charge in [-0.2, -0.15) is 0 Å². The fourth-order valence-corrected chi connectivity index (χ4v) is 2.64. The molecule has 3 aromatic rings. The maximum Gasteiger partial charge on any atom is 0.269 e. The van der Waals surface area contributed by atoms with Crippen molar-refractivity contribution in [1.29, 1.82) is 0 Å². The number of aromatic nitrogens is 1. The van der Waals surface area contributed by atoms with E-state index in [1.807, 2.05) is 5.38 Å². The summed E-state index contributed by atoms with van der Waals surface area (Å²) in [6.07, 6.45) is 0. The van der Waals surface area contributed by atoms with Gasteiger partial charge in [0.1, 0.15) is 18.1 Å². The number of hydrazine groups is 1. The monoisotopic (exact) mass is 369 g/mol. The Bertz CT molecular complexity index is 912. The first-order valence-corrected chi connectivity index (χ1v) is 8.56. The van der Waals surface area contributed by atoms with Crippen LogP contribution in [-0.2, 0) is 6.61 Å². The summed E-state index contributed by atoms with van der Waals surface area (Å²) < 4.78 is 5.60. The average Bonchev–Trinajstić information content (AvgIpc) is 3.18. The number of carbonyl (C=O) groups excluding carboxylic acids is 2. The molecule has 0 atom stereocenters. The van der Waals surface area contributed by atoms with E-state index in [1.54, 1.807) is 29.8 Å². The molecule has 0 aliphatic heterocycles. The molecule has 0 fully saturated rings. The molecule has 2 amide bonds. The average molecular weight is 369 g/mol. The van der Waals surface area contributed by atoms with Crippen molar-refractivity contribution in [3.8, 4) is 11.5 Å². The minimum absolute atomic E-state index is 0.0334. The lowest BCUT2D eigenvalue weighted by molar-refractivity contribution is 0.0846. The van der Waals surface area contributed by atoms with Gasteiger partial charge in [-0.3, -0.25) is 20.4 Å². The fourth-order valence-electron chi connectivity index (χ4n) is 2.10. The quantitative estimate of drug-likeness (QED) is 0.600. The van der Waals surface area contributed by atoms with Gasteiger partial charge in [-0.15, -0.1) is 11.3 Å². The summed E-state index contributed by atoms with van der Waals surface area (Å²) in [5.74, 6) is -0.540. The highest BCUT2D eigenvalue weighted by Crippen LogP contribution is 2.15. The summed E-state index contributed by atoms with van der Waals surface area (Å²) in [5, 5.41) is 11.3. The third kappa shape index (κ3) is 4.58. The predicted molar refractivity (Wildman–Crippen MR) is 95.9 cm³/mol. The molecule has 2 aromatic carbocycles. The molecule has 0 saturated carbocycles. The van der Waals surface area contributed by atoms with E-state index in [0.717, 1.165) is 5.69 Å². The van der Waals surface area contributed by atoms with E-state index < -0.39 is 11.8 Å². The Morgan fingerprint density at radius 3 is 2.38 bits per heavy atom. The van der Waals surface area contributed by atoms with Gasteiger partial charge in [0.05, 0.1) is 11.2 Å². The number of phenols is 1. The van der Waals surface area contributed by atoms with E-state index in [2.05, 4.69) is 15.8 Å². The van der Waals surface area contributed by atoms with Crippen LogP contribution in [0.5, 0.6) is 11.5 Å². The number of benzene rings is 2. The van der Waals surface area contributed by atoms with E-state index in [0.29, 0.717) is 17.9 Å². The summed E-state index contributed by atoms with van der Waals surface area (Å²) in [4.78, 5) is 28.3. The predicted octanol–water partition coefficient (Wildman–Crippen LogP) is 2.50. The Kier molecular flexibility index (Phi) is 5.45. The van der Waals surface area contributed by atoms with Crippen molar-refractivity contribution in [2.45, 2.75) is 6.61 Å². The molecule has 0 bridgehead atoms. The van der Waals surface area contributed by atoms with Gasteiger partial charge in [-0.1, -0.05) is 12.1 Å². The molecule has 3 rings (SSSR count). The van der Waals surface area contributed by atoms with Crippen LogP contribution in [0.2, 0.25) is 0 Å². The number of hydrogen-bond donors (Lipinski definition) is 3. The molecule has 0 saturated heterocycles. The number of ether oxygens (including phenoxy) is 1.